The normalized spacial score (nSPS) is 17.9. The van der Waals surface area contributed by atoms with Gasteiger partial charge in [-0.25, -0.2) is 4.98 Å². The van der Waals surface area contributed by atoms with Crippen molar-refractivity contribution in [2.45, 2.75) is 6.42 Å². The zero-order valence-corrected chi connectivity index (χ0v) is 12.2. The molecule has 0 aliphatic carbocycles. The molecule has 0 radical (unpaired) electrons. The molecule has 114 valence electrons. The molecule has 1 aliphatic heterocycles. The predicted octanol–water partition coefficient (Wildman–Crippen LogP) is 0.524. The maximum absolute atomic E-state index is 12.0. The zero-order chi connectivity index (χ0) is 15.2. The number of carbonyl (C=O) groups is 2. The fourth-order valence-corrected chi connectivity index (χ4v) is 2.05. The molecule has 21 heavy (non-hydrogen) atoms. The van der Waals surface area contributed by atoms with Crippen LogP contribution in [0, 0.1) is 5.92 Å². The first kappa shape index (κ1) is 15.2. The van der Waals surface area contributed by atoms with E-state index in [1.165, 1.54) is 6.20 Å². The van der Waals surface area contributed by atoms with E-state index in [2.05, 4.69) is 10.3 Å². The van der Waals surface area contributed by atoms with Crippen LogP contribution in [0.15, 0.2) is 18.3 Å². The number of pyridine rings is 1. The molecule has 1 saturated heterocycles. The lowest BCUT2D eigenvalue weighted by molar-refractivity contribution is -0.127. The summed E-state index contributed by atoms with van der Waals surface area (Å²) < 4.78 is 10.2. The summed E-state index contributed by atoms with van der Waals surface area (Å²) in [5, 5.41) is 2.76. The minimum Gasteiger partial charge on any atom is -0.475 e. The van der Waals surface area contributed by atoms with Gasteiger partial charge in [0.15, 0.2) is 0 Å². The van der Waals surface area contributed by atoms with Gasteiger partial charge in [-0.15, -0.1) is 0 Å². The van der Waals surface area contributed by atoms with Crippen molar-refractivity contribution >= 4 is 17.5 Å². The van der Waals surface area contributed by atoms with E-state index < -0.39 is 0 Å². The highest BCUT2D eigenvalue weighted by molar-refractivity contribution is 5.97. The van der Waals surface area contributed by atoms with Gasteiger partial charge in [0.25, 0.3) is 0 Å². The van der Waals surface area contributed by atoms with Gasteiger partial charge in [0, 0.05) is 33.2 Å². The average Bonchev–Trinajstić information content (AvgIpc) is 2.81. The highest BCUT2D eigenvalue weighted by Crippen LogP contribution is 2.19. The summed E-state index contributed by atoms with van der Waals surface area (Å²) in [5.41, 5.74) is 0.584. The van der Waals surface area contributed by atoms with E-state index >= 15 is 0 Å². The lowest BCUT2D eigenvalue weighted by Gasteiger charge is -2.11. The highest BCUT2D eigenvalue weighted by Gasteiger charge is 2.32. The van der Waals surface area contributed by atoms with Gasteiger partial charge in [-0.2, -0.15) is 0 Å². The van der Waals surface area contributed by atoms with Crippen LogP contribution in [0.4, 0.5) is 5.69 Å². The molecule has 0 spiro atoms. The van der Waals surface area contributed by atoms with Crippen molar-refractivity contribution in [3.8, 4) is 5.88 Å². The molecule has 0 saturated carbocycles. The molecule has 0 unspecified atom stereocenters. The molecule has 2 rings (SSSR count). The standard InChI is InChI=1S/C14H19N3O4/c1-17-9-10(7-13(17)18)14(19)16-11-3-4-12(15-8-11)21-6-5-20-2/h3-4,8,10H,5-7,9H2,1-2H3,(H,16,19)/t10-/m0/s1. The molecular weight excluding hydrogens is 274 g/mol. The van der Waals surface area contributed by atoms with Crippen molar-refractivity contribution in [2.24, 2.45) is 5.92 Å². The summed E-state index contributed by atoms with van der Waals surface area (Å²) in [7, 11) is 3.30. The number of amides is 2. The van der Waals surface area contributed by atoms with Crippen LogP contribution in [0.1, 0.15) is 6.42 Å². The lowest BCUT2D eigenvalue weighted by Crippen LogP contribution is -2.25. The number of ether oxygens (including phenoxy) is 2. The Kier molecular flexibility index (Phi) is 5.10. The third-order valence-corrected chi connectivity index (χ3v) is 3.25. The Balaban J connectivity index is 1.85. The van der Waals surface area contributed by atoms with E-state index in [1.807, 2.05) is 0 Å². The van der Waals surface area contributed by atoms with Gasteiger partial charge >= 0.3 is 0 Å². The summed E-state index contributed by atoms with van der Waals surface area (Å²) in [6.45, 7) is 1.37. The van der Waals surface area contributed by atoms with Crippen molar-refractivity contribution < 1.29 is 19.1 Å². The van der Waals surface area contributed by atoms with E-state index in [1.54, 1.807) is 31.2 Å². The zero-order valence-electron chi connectivity index (χ0n) is 12.2. The molecule has 1 aromatic rings. The number of carbonyl (C=O) groups excluding carboxylic acids is 2. The Morgan fingerprint density at radius 2 is 2.29 bits per heavy atom. The van der Waals surface area contributed by atoms with Crippen molar-refractivity contribution in [1.82, 2.24) is 9.88 Å². The Morgan fingerprint density at radius 1 is 1.48 bits per heavy atom. The minimum atomic E-state index is -0.305. The number of aromatic nitrogens is 1. The number of methoxy groups -OCH3 is 1. The second-order valence-corrected chi connectivity index (χ2v) is 4.89. The van der Waals surface area contributed by atoms with Crippen LogP contribution in [0.3, 0.4) is 0 Å². The summed E-state index contributed by atoms with van der Waals surface area (Å²) in [6.07, 6.45) is 1.79. The maximum Gasteiger partial charge on any atom is 0.229 e. The predicted molar refractivity (Wildman–Crippen MR) is 76.0 cm³/mol. The Bertz CT molecular complexity index is 503. The number of rotatable bonds is 6. The van der Waals surface area contributed by atoms with Crippen LogP contribution in [0.2, 0.25) is 0 Å². The van der Waals surface area contributed by atoms with Gasteiger partial charge in [-0.3, -0.25) is 9.59 Å². The summed E-state index contributed by atoms with van der Waals surface area (Å²) in [5.74, 6) is -0.00123. The van der Waals surface area contributed by atoms with Crippen LogP contribution in [0.25, 0.3) is 0 Å². The second kappa shape index (κ2) is 7.03. The number of nitrogens with one attached hydrogen (secondary N) is 1. The minimum absolute atomic E-state index is 0.00448. The smallest absolute Gasteiger partial charge is 0.229 e. The van der Waals surface area contributed by atoms with E-state index in [4.69, 9.17) is 9.47 Å². The molecule has 2 amide bonds. The van der Waals surface area contributed by atoms with Gasteiger partial charge in [-0.1, -0.05) is 0 Å². The number of hydrogen-bond donors (Lipinski definition) is 1. The van der Waals surface area contributed by atoms with Crippen molar-refractivity contribution in [1.29, 1.82) is 0 Å². The SMILES string of the molecule is COCCOc1ccc(NC(=O)[C@H]2CC(=O)N(C)C2)cn1. The first-order valence-electron chi connectivity index (χ1n) is 6.72. The Hall–Kier alpha value is -2.15. The van der Waals surface area contributed by atoms with Crippen molar-refractivity contribution in [2.75, 3.05) is 39.2 Å². The van der Waals surface area contributed by atoms with Crippen molar-refractivity contribution in [3.63, 3.8) is 0 Å². The van der Waals surface area contributed by atoms with E-state index in [9.17, 15) is 9.59 Å². The average molecular weight is 293 g/mol. The Morgan fingerprint density at radius 3 is 2.86 bits per heavy atom. The second-order valence-electron chi connectivity index (χ2n) is 4.89. The first-order chi connectivity index (χ1) is 10.1. The molecule has 0 bridgehead atoms. The monoisotopic (exact) mass is 293 g/mol. The van der Waals surface area contributed by atoms with Crippen LogP contribution in [-0.2, 0) is 14.3 Å². The molecule has 1 atom stereocenters. The van der Waals surface area contributed by atoms with Gasteiger partial charge in [0.1, 0.15) is 6.61 Å². The third kappa shape index (κ3) is 4.16. The molecular formula is C14H19N3O4. The molecule has 1 aliphatic rings. The van der Waals surface area contributed by atoms with Crippen LogP contribution in [-0.4, -0.2) is 55.6 Å². The third-order valence-electron chi connectivity index (χ3n) is 3.25. The largest absolute Gasteiger partial charge is 0.475 e. The van der Waals surface area contributed by atoms with Crippen LogP contribution in [0.5, 0.6) is 5.88 Å². The summed E-state index contributed by atoms with van der Waals surface area (Å²) in [6, 6.07) is 3.39. The number of anilines is 1. The van der Waals surface area contributed by atoms with Crippen LogP contribution < -0.4 is 10.1 Å². The van der Waals surface area contributed by atoms with E-state index in [0.29, 0.717) is 31.3 Å². The number of likely N-dealkylation sites (tertiary alicyclic amines) is 1. The highest BCUT2D eigenvalue weighted by atomic mass is 16.5. The molecule has 1 N–H and O–H groups in total. The van der Waals surface area contributed by atoms with Crippen LogP contribution >= 0.6 is 0 Å². The molecule has 1 aromatic heterocycles. The molecule has 7 nitrogen and oxygen atoms in total. The molecule has 7 heteroatoms. The number of hydrogen-bond acceptors (Lipinski definition) is 5. The first-order valence-corrected chi connectivity index (χ1v) is 6.72. The molecule has 2 heterocycles. The molecule has 1 fully saturated rings. The van der Waals surface area contributed by atoms with Gasteiger partial charge < -0.3 is 19.7 Å². The summed E-state index contributed by atoms with van der Waals surface area (Å²) >= 11 is 0. The Labute approximate surface area is 123 Å². The quantitative estimate of drug-likeness (QED) is 0.774. The number of nitrogens with zero attached hydrogens (tertiary/aromatic N) is 2. The molecule has 0 aromatic carbocycles. The van der Waals surface area contributed by atoms with Crippen molar-refractivity contribution in [3.05, 3.63) is 18.3 Å². The maximum atomic E-state index is 12.0. The van der Waals surface area contributed by atoms with Gasteiger partial charge in [-0.05, 0) is 6.07 Å². The fraction of sp³-hybridized carbons (Fsp3) is 0.500. The van der Waals surface area contributed by atoms with E-state index in [0.717, 1.165) is 0 Å². The van der Waals surface area contributed by atoms with Gasteiger partial charge in [0.05, 0.1) is 24.4 Å². The topological polar surface area (TPSA) is 80.8 Å². The lowest BCUT2D eigenvalue weighted by atomic mass is 10.1. The fourth-order valence-electron chi connectivity index (χ4n) is 2.05. The van der Waals surface area contributed by atoms with Gasteiger partial charge in [0.2, 0.25) is 17.7 Å². The summed E-state index contributed by atoms with van der Waals surface area (Å²) in [4.78, 5) is 29.1. The van der Waals surface area contributed by atoms with E-state index in [-0.39, 0.29) is 24.2 Å².